The van der Waals surface area contributed by atoms with Gasteiger partial charge in [-0.25, -0.2) is 13.6 Å². The van der Waals surface area contributed by atoms with E-state index in [0.29, 0.717) is 10.1 Å². The number of carbonyl (C=O) groups excluding carboxylic acids is 2. The lowest BCUT2D eigenvalue weighted by atomic mass is 10.1. The lowest BCUT2D eigenvalue weighted by Gasteiger charge is -2.14. The zero-order valence-corrected chi connectivity index (χ0v) is 16.0. The summed E-state index contributed by atoms with van der Waals surface area (Å²) in [6.07, 6.45) is -1.09. The summed E-state index contributed by atoms with van der Waals surface area (Å²) in [7, 11) is 0. The van der Waals surface area contributed by atoms with Crippen LogP contribution in [0.25, 0.3) is 0 Å². The molecule has 27 heavy (non-hydrogen) atoms. The minimum atomic E-state index is -1.09. The van der Waals surface area contributed by atoms with Crippen molar-refractivity contribution in [2.45, 2.75) is 17.6 Å². The molecule has 1 N–H and O–H groups in total. The summed E-state index contributed by atoms with van der Waals surface area (Å²) in [5.41, 5.74) is 1.57. The molecule has 2 aromatic rings. The van der Waals surface area contributed by atoms with Crippen LogP contribution in [-0.2, 0) is 9.53 Å². The average Bonchev–Trinajstić information content (AvgIpc) is 3.19. The van der Waals surface area contributed by atoms with E-state index in [4.69, 9.17) is 4.74 Å². The van der Waals surface area contributed by atoms with Gasteiger partial charge in [0.2, 0.25) is 0 Å². The maximum atomic E-state index is 13.2. The van der Waals surface area contributed by atoms with Gasteiger partial charge < -0.3 is 10.1 Å². The van der Waals surface area contributed by atoms with E-state index in [1.807, 2.05) is 35.7 Å². The molecule has 1 heterocycles. The van der Waals surface area contributed by atoms with Gasteiger partial charge in [0.1, 0.15) is 0 Å². The van der Waals surface area contributed by atoms with Gasteiger partial charge in [0.15, 0.2) is 17.7 Å². The molecule has 8 heteroatoms. The molecule has 1 fully saturated rings. The number of hydrogen-bond donors (Lipinski definition) is 1. The van der Waals surface area contributed by atoms with Crippen LogP contribution in [-0.4, -0.2) is 29.5 Å². The van der Waals surface area contributed by atoms with E-state index >= 15 is 0 Å². The van der Waals surface area contributed by atoms with Gasteiger partial charge in [-0.2, -0.15) is 0 Å². The zero-order valence-electron chi connectivity index (χ0n) is 14.4. The number of hydrogen-bond acceptors (Lipinski definition) is 5. The quantitative estimate of drug-likeness (QED) is 0.730. The molecule has 1 atom stereocenters. The second-order valence-corrected chi connectivity index (χ2v) is 8.59. The molecule has 3 rings (SSSR count). The fourth-order valence-electron chi connectivity index (χ4n) is 2.43. The first-order chi connectivity index (χ1) is 12.9. The number of ether oxygens (including phenoxy) is 1. The Morgan fingerprint density at radius 3 is 2.37 bits per heavy atom. The van der Waals surface area contributed by atoms with Gasteiger partial charge in [0.25, 0.3) is 5.91 Å². The summed E-state index contributed by atoms with van der Waals surface area (Å²) in [5, 5.41) is 2.38. The molecule has 0 unspecified atom stereocenters. The van der Waals surface area contributed by atoms with Crippen LogP contribution in [0.5, 0.6) is 0 Å². The molecule has 142 valence electrons. The van der Waals surface area contributed by atoms with E-state index in [1.54, 1.807) is 12.1 Å². The van der Waals surface area contributed by atoms with Crippen molar-refractivity contribution in [2.24, 2.45) is 0 Å². The van der Waals surface area contributed by atoms with Crippen LogP contribution in [0.3, 0.4) is 0 Å². The predicted octanol–water partition coefficient (Wildman–Crippen LogP) is 4.63. The molecule has 1 saturated heterocycles. The standard InChI is InChI=1S/C19H17F2NO3S2/c1-11(17(23)22-14-6-7-15(20)16(21)10-14)25-18(24)12-2-4-13(5-3-12)19-26-8-9-27-19/h2-7,10-11,19H,8-9H2,1H3,(H,22,23)/t11-/m1/s1. The number of thioether (sulfide) groups is 2. The highest BCUT2D eigenvalue weighted by molar-refractivity contribution is 8.19. The Labute approximate surface area is 164 Å². The van der Waals surface area contributed by atoms with Gasteiger partial charge in [-0.1, -0.05) is 12.1 Å². The molecule has 0 aromatic heterocycles. The molecule has 0 spiro atoms. The minimum Gasteiger partial charge on any atom is -0.449 e. The maximum absolute atomic E-state index is 13.2. The smallest absolute Gasteiger partial charge is 0.338 e. The zero-order chi connectivity index (χ0) is 19.4. The van der Waals surface area contributed by atoms with Crippen molar-refractivity contribution in [2.75, 3.05) is 16.8 Å². The number of esters is 1. The highest BCUT2D eigenvalue weighted by Gasteiger charge is 2.21. The SMILES string of the molecule is C[C@@H](OC(=O)c1ccc(C2SCCS2)cc1)C(=O)Nc1ccc(F)c(F)c1. The van der Waals surface area contributed by atoms with Crippen LogP contribution in [0.15, 0.2) is 42.5 Å². The third-order valence-corrected chi connectivity index (χ3v) is 6.98. The summed E-state index contributed by atoms with van der Waals surface area (Å²) < 4.78 is 31.7. The van der Waals surface area contributed by atoms with E-state index in [-0.39, 0.29) is 5.69 Å². The fraction of sp³-hybridized carbons (Fsp3) is 0.263. The lowest BCUT2D eigenvalue weighted by Crippen LogP contribution is -2.30. The number of carbonyl (C=O) groups is 2. The Hall–Kier alpha value is -2.06. The molecule has 0 radical (unpaired) electrons. The molecule has 1 aliphatic heterocycles. The molecule has 2 aromatic carbocycles. The Balaban J connectivity index is 1.57. The summed E-state index contributed by atoms with van der Waals surface area (Å²) in [5.74, 6) is -1.11. The third-order valence-electron chi connectivity index (χ3n) is 3.88. The number of nitrogens with one attached hydrogen (secondary N) is 1. The first-order valence-electron chi connectivity index (χ1n) is 8.24. The summed E-state index contributed by atoms with van der Waals surface area (Å²) in [6.45, 7) is 1.41. The van der Waals surface area contributed by atoms with Crippen molar-refractivity contribution in [3.8, 4) is 0 Å². The van der Waals surface area contributed by atoms with Crippen LogP contribution < -0.4 is 5.32 Å². The number of halogens is 2. The van der Waals surface area contributed by atoms with Crippen molar-refractivity contribution >= 4 is 41.1 Å². The second-order valence-electron chi connectivity index (χ2n) is 5.86. The van der Waals surface area contributed by atoms with Crippen molar-refractivity contribution in [1.82, 2.24) is 0 Å². The van der Waals surface area contributed by atoms with E-state index < -0.39 is 29.6 Å². The third kappa shape index (κ3) is 5.01. The summed E-state index contributed by atoms with van der Waals surface area (Å²) in [4.78, 5) is 24.3. The van der Waals surface area contributed by atoms with Crippen molar-refractivity contribution in [3.63, 3.8) is 0 Å². The number of benzene rings is 2. The first-order valence-corrected chi connectivity index (χ1v) is 10.3. The maximum Gasteiger partial charge on any atom is 0.338 e. The number of anilines is 1. The average molecular weight is 409 g/mol. The van der Waals surface area contributed by atoms with Gasteiger partial charge in [-0.3, -0.25) is 4.79 Å². The Morgan fingerprint density at radius 1 is 1.07 bits per heavy atom. The van der Waals surface area contributed by atoms with Crippen molar-refractivity contribution in [3.05, 3.63) is 65.2 Å². The van der Waals surface area contributed by atoms with Crippen molar-refractivity contribution in [1.29, 1.82) is 0 Å². The fourth-order valence-corrected chi connectivity index (χ4v) is 5.29. The van der Waals surface area contributed by atoms with Gasteiger partial charge in [0, 0.05) is 23.3 Å². The number of amides is 1. The van der Waals surface area contributed by atoms with Crippen LogP contribution in [0.1, 0.15) is 27.4 Å². The monoisotopic (exact) mass is 409 g/mol. The predicted molar refractivity (Wildman–Crippen MR) is 104 cm³/mol. The van der Waals surface area contributed by atoms with Crippen LogP contribution in [0.4, 0.5) is 14.5 Å². The van der Waals surface area contributed by atoms with Crippen LogP contribution in [0.2, 0.25) is 0 Å². The minimum absolute atomic E-state index is 0.0812. The Bertz CT molecular complexity index is 839. The molecular weight excluding hydrogens is 392 g/mol. The second kappa shape index (κ2) is 8.75. The normalized spacial score (nSPS) is 15.4. The van der Waals surface area contributed by atoms with Crippen LogP contribution >= 0.6 is 23.5 Å². The van der Waals surface area contributed by atoms with E-state index in [9.17, 15) is 18.4 Å². The van der Waals surface area contributed by atoms with E-state index in [0.717, 1.165) is 29.2 Å². The Morgan fingerprint density at radius 2 is 1.74 bits per heavy atom. The van der Waals surface area contributed by atoms with Gasteiger partial charge in [-0.05, 0) is 36.8 Å². The molecule has 1 amide bonds. The first kappa shape index (κ1) is 19.7. The van der Waals surface area contributed by atoms with Gasteiger partial charge in [-0.15, -0.1) is 23.5 Å². The summed E-state index contributed by atoms with van der Waals surface area (Å²) >= 11 is 3.74. The highest BCUT2D eigenvalue weighted by atomic mass is 32.2. The molecule has 0 aliphatic carbocycles. The highest BCUT2D eigenvalue weighted by Crippen LogP contribution is 2.45. The summed E-state index contributed by atoms with van der Waals surface area (Å²) in [6, 6.07) is 10.1. The van der Waals surface area contributed by atoms with Crippen LogP contribution in [0, 0.1) is 11.6 Å². The van der Waals surface area contributed by atoms with Gasteiger partial charge >= 0.3 is 5.97 Å². The van der Waals surface area contributed by atoms with E-state index in [2.05, 4.69) is 5.32 Å². The molecule has 0 saturated carbocycles. The molecule has 0 bridgehead atoms. The molecular formula is C19H17F2NO3S2. The van der Waals surface area contributed by atoms with Crippen molar-refractivity contribution < 1.29 is 23.1 Å². The van der Waals surface area contributed by atoms with Gasteiger partial charge in [0.05, 0.1) is 10.1 Å². The molecule has 4 nitrogen and oxygen atoms in total. The van der Waals surface area contributed by atoms with E-state index in [1.165, 1.54) is 13.0 Å². The lowest BCUT2D eigenvalue weighted by molar-refractivity contribution is -0.123. The largest absolute Gasteiger partial charge is 0.449 e. The Kier molecular flexibility index (Phi) is 6.38. The number of rotatable bonds is 5. The topological polar surface area (TPSA) is 55.4 Å². The molecule has 1 aliphatic rings.